The van der Waals surface area contributed by atoms with Crippen LogP contribution >= 0.6 is 0 Å². The van der Waals surface area contributed by atoms with Gasteiger partial charge in [-0.1, -0.05) is 18.6 Å². The summed E-state index contributed by atoms with van der Waals surface area (Å²) in [6.45, 7) is 7.11. The van der Waals surface area contributed by atoms with E-state index in [0.717, 1.165) is 31.0 Å². The van der Waals surface area contributed by atoms with Gasteiger partial charge in [-0.25, -0.2) is 0 Å². The molecule has 1 aliphatic heterocycles. The van der Waals surface area contributed by atoms with Crippen molar-refractivity contribution in [3.05, 3.63) is 29.8 Å². The number of likely N-dealkylation sites (tertiary alicyclic amines) is 1. The molecule has 1 saturated carbocycles. The fourth-order valence-corrected chi connectivity index (χ4v) is 4.06. The van der Waals surface area contributed by atoms with Crippen LogP contribution in [-0.2, 0) is 11.3 Å². The van der Waals surface area contributed by atoms with E-state index in [1.807, 2.05) is 12.1 Å². The number of hydrogen-bond acceptors (Lipinski definition) is 4. The molecule has 2 fully saturated rings. The van der Waals surface area contributed by atoms with Crippen LogP contribution in [-0.4, -0.2) is 44.3 Å². The van der Waals surface area contributed by atoms with E-state index in [-0.39, 0.29) is 0 Å². The van der Waals surface area contributed by atoms with Crippen LogP contribution in [0.5, 0.6) is 5.75 Å². The number of rotatable bonds is 8. The Hall–Kier alpha value is -1.10. The highest BCUT2D eigenvalue weighted by Gasteiger charge is 2.41. The predicted octanol–water partition coefficient (Wildman–Crippen LogP) is 3.05. The van der Waals surface area contributed by atoms with Gasteiger partial charge in [0.15, 0.2) is 0 Å². The highest BCUT2D eigenvalue weighted by Crippen LogP contribution is 2.43. The Labute approximate surface area is 146 Å². The van der Waals surface area contributed by atoms with Crippen molar-refractivity contribution in [2.45, 2.75) is 45.3 Å². The fraction of sp³-hybridized carbons (Fsp3) is 0.700. The first kappa shape index (κ1) is 17.7. The van der Waals surface area contributed by atoms with Gasteiger partial charge in [0.25, 0.3) is 0 Å². The quantitative estimate of drug-likeness (QED) is 0.795. The Kier molecular flexibility index (Phi) is 5.80. The highest BCUT2D eigenvalue weighted by atomic mass is 16.5. The van der Waals surface area contributed by atoms with Crippen molar-refractivity contribution >= 4 is 0 Å². The fourth-order valence-electron chi connectivity index (χ4n) is 4.06. The van der Waals surface area contributed by atoms with Crippen LogP contribution in [0.2, 0.25) is 0 Å². The zero-order chi connectivity index (χ0) is 17.0. The molecular weight excluding hydrogens is 300 g/mol. The average molecular weight is 332 g/mol. The van der Waals surface area contributed by atoms with Crippen LogP contribution in [0, 0.1) is 11.3 Å². The Morgan fingerprint density at radius 2 is 2.21 bits per heavy atom. The molecule has 1 aliphatic carbocycles. The molecule has 4 heteroatoms. The van der Waals surface area contributed by atoms with E-state index in [2.05, 4.69) is 24.0 Å². The minimum atomic E-state index is 0.312. The molecule has 0 amide bonds. The monoisotopic (exact) mass is 332 g/mol. The first-order valence-electron chi connectivity index (χ1n) is 9.29. The lowest BCUT2D eigenvalue weighted by molar-refractivity contribution is 0.0231. The van der Waals surface area contributed by atoms with Crippen molar-refractivity contribution in [3.63, 3.8) is 0 Å². The van der Waals surface area contributed by atoms with E-state index in [4.69, 9.17) is 15.2 Å². The van der Waals surface area contributed by atoms with Crippen LogP contribution in [0.4, 0.5) is 0 Å². The predicted molar refractivity (Wildman–Crippen MR) is 97.1 cm³/mol. The van der Waals surface area contributed by atoms with Gasteiger partial charge in [-0.2, -0.15) is 0 Å². The van der Waals surface area contributed by atoms with Crippen molar-refractivity contribution in [1.29, 1.82) is 0 Å². The number of hydrogen-bond donors (Lipinski definition) is 1. The minimum Gasteiger partial charge on any atom is -0.493 e. The number of nitrogens with zero attached hydrogens (tertiary/aromatic N) is 1. The zero-order valence-corrected chi connectivity index (χ0v) is 15.2. The van der Waals surface area contributed by atoms with E-state index in [1.165, 1.54) is 32.2 Å². The van der Waals surface area contributed by atoms with Gasteiger partial charge in [-0.3, -0.25) is 0 Å². The molecule has 2 N–H and O–H groups in total. The molecule has 1 aromatic carbocycles. The van der Waals surface area contributed by atoms with Crippen molar-refractivity contribution in [3.8, 4) is 5.75 Å². The lowest BCUT2D eigenvalue weighted by atomic mass is 9.69. The minimum absolute atomic E-state index is 0.312. The highest BCUT2D eigenvalue weighted by molar-refractivity contribution is 5.28. The molecule has 4 nitrogen and oxygen atoms in total. The van der Waals surface area contributed by atoms with Gasteiger partial charge in [0.2, 0.25) is 0 Å². The summed E-state index contributed by atoms with van der Waals surface area (Å²) >= 11 is 0. The van der Waals surface area contributed by atoms with Crippen molar-refractivity contribution in [2.24, 2.45) is 17.1 Å². The molecule has 1 saturated heterocycles. The zero-order valence-electron chi connectivity index (χ0n) is 15.2. The third-order valence-corrected chi connectivity index (χ3v) is 5.78. The molecule has 2 aliphatic rings. The smallest absolute Gasteiger partial charge is 0.119 e. The second-order valence-corrected chi connectivity index (χ2v) is 7.87. The summed E-state index contributed by atoms with van der Waals surface area (Å²) in [4.78, 5) is 2.61. The second-order valence-electron chi connectivity index (χ2n) is 7.87. The Bertz CT molecular complexity index is 528. The number of ether oxygens (including phenoxy) is 2. The van der Waals surface area contributed by atoms with E-state index in [0.29, 0.717) is 24.0 Å². The van der Waals surface area contributed by atoms with Gasteiger partial charge in [0.05, 0.1) is 13.2 Å². The molecule has 0 bridgehead atoms. The lowest BCUT2D eigenvalue weighted by Crippen LogP contribution is -2.46. The summed E-state index contributed by atoms with van der Waals surface area (Å²) in [7, 11) is 1.72. The largest absolute Gasteiger partial charge is 0.493 e. The third kappa shape index (κ3) is 4.29. The molecule has 134 valence electrons. The summed E-state index contributed by atoms with van der Waals surface area (Å²) < 4.78 is 11.4. The van der Waals surface area contributed by atoms with Crippen molar-refractivity contribution in [1.82, 2.24) is 4.90 Å². The van der Waals surface area contributed by atoms with Crippen molar-refractivity contribution < 1.29 is 9.47 Å². The maximum atomic E-state index is 6.18. The summed E-state index contributed by atoms with van der Waals surface area (Å²) in [6.07, 6.45) is 5.14. The molecule has 0 radical (unpaired) electrons. The summed E-state index contributed by atoms with van der Waals surface area (Å²) in [5.41, 5.74) is 7.58. The van der Waals surface area contributed by atoms with Crippen LogP contribution < -0.4 is 10.5 Å². The first-order chi connectivity index (χ1) is 11.6. The van der Waals surface area contributed by atoms with E-state index in [1.54, 1.807) is 7.11 Å². The van der Waals surface area contributed by atoms with Crippen LogP contribution in [0.15, 0.2) is 24.3 Å². The molecule has 1 aromatic rings. The second kappa shape index (κ2) is 7.85. The maximum absolute atomic E-state index is 6.18. The van der Waals surface area contributed by atoms with E-state index >= 15 is 0 Å². The molecule has 0 aromatic heterocycles. The Morgan fingerprint density at radius 1 is 1.38 bits per heavy atom. The van der Waals surface area contributed by atoms with Crippen LogP contribution in [0.1, 0.15) is 38.2 Å². The van der Waals surface area contributed by atoms with Gasteiger partial charge in [-0.05, 0) is 56.3 Å². The maximum Gasteiger partial charge on any atom is 0.119 e. The molecular formula is C20H32N2O2. The van der Waals surface area contributed by atoms with E-state index < -0.39 is 0 Å². The van der Waals surface area contributed by atoms with Crippen molar-refractivity contribution in [2.75, 3.05) is 33.4 Å². The van der Waals surface area contributed by atoms with Gasteiger partial charge in [0.1, 0.15) is 5.75 Å². The number of methoxy groups -OCH3 is 1. The van der Waals surface area contributed by atoms with Crippen LogP contribution in [0.25, 0.3) is 0 Å². The average Bonchev–Trinajstić information content (AvgIpc) is 2.99. The van der Waals surface area contributed by atoms with Crippen LogP contribution in [0.3, 0.4) is 0 Å². The molecule has 2 unspecified atom stereocenters. The molecule has 24 heavy (non-hydrogen) atoms. The summed E-state index contributed by atoms with van der Waals surface area (Å²) in [5, 5.41) is 0. The number of benzene rings is 1. The summed E-state index contributed by atoms with van der Waals surface area (Å²) in [5.74, 6) is 1.62. The number of nitrogens with two attached hydrogens (primary N) is 1. The normalized spacial score (nSPS) is 24.5. The Balaban J connectivity index is 1.53. The topological polar surface area (TPSA) is 47.7 Å². The summed E-state index contributed by atoms with van der Waals surface area (Å²) in [6, 6.07) is 8.58. The van der Waals surface area contributed by atoms with Gasteiger partial charge in [-0.15, -0.1) is 0 Å². The van der Waals surface area contributed by atoms with Gasteiger partial charge in [0, 0.05) is 31.7 Å². The third-order valence-electron chi connectivity index (χ3n) is 5.78. The standard InChI is InChI=1S/C20H32N2O2/c1-16(21)18-7-10-22(12-18)14-20(8-4-9-20)15-24-19-6-3-5-17(11-19)13-23-2/h3,5-6,11,16,18H,4,7-10,12-15,21H2,1-2H3. The first-order valence-corrected chi connectivity index (χ1v) is 9.29. The van der Waals surface area contributed by atoms with Gasteiger partial charge >= 0.3 is 0 Å². The lowest BCUT2D eigenvalue weighted by Gasteiger charge is -2.44. The Morgan fingerprint density at radius 3 is 2.83 bits per heavy atom. The molecule has 3 rings (SSSR count). The molecule has 2 atom stereocenters. The SMILES string of the molecule is COCc1cccc(OCC2(CN3CCC(C(C)N)C3)CCC2)c1. The molecule has 0 spiro atoms. The van der Waals surface area contributed by atoms with Gasteiger partial charge < -0.3 is 20.1 Å². The van der Waals surface area contributed by atoms with E-state index in [9.17, 15) is 0 Å². The molecule has 1 heterocycles.